The van der Waals surface area contributed by atoms with Gasteiger partial charge in [-0.25, -0.2) is 0 Å². The largest absolute Gasteiger partial charge is 0.368 e. The van der Waals surface area contributed by atoms with Gasteiger partial charge in [0.25, 0.3) is 5.91 Å². The number of aromatic amines is 1. The third kappa shape index (κ3) is 3.65. The highest BCUT2D eigenvalue weighted by molar-refractivity contribution is 6.33. The van der Waals surface area contributed by atoms with Gasteiger partial charge in [-0.15, -0.1) is 0 Å². The van der Waals surface area contributed by atoms with Gasteiger partial charge in [-0.05, 0) is 56.8 Å². The van der Waals surface area contributed by atoms with Crippen molar-refractivity contribution in [1.82, 2.24) is 20.0 Å². The van der Waals surface area contributed by atoms with Crippen molar-refractivity contribution < 1.29 is 9.59 Å². The highest BCUT2D eigenvalue weighted by atomic mass is 35.5. The Kier molecular flexibility index (Phi) is 5.36. The van der Waals surface area contributed by atoms with Crippen LogP contribution in [0.4, 0.5) is 0 Å². The molecule has 0 radical (unpaired) electrons. The van der Waals surface area contributed by atoms with E-state index in [1.54, 1.807) is 12.1 Å². The Hall–Kier alpha value is -2.38. The van der Waals surface area contributed by atoms with Crippen LogP contribution in [0.25, 0.3) is 11.3 Å². The van der Waals surface area contributed by atoms with Crippen molar-refractivity contribution in [3.8, 4) is 11.3 Å². The molecule has 2 aliphatic heterocycles. The van der Waals surface area contributed by atoms with Gasteiger partial charge in [0, 0.05) is 18.7 Å². The second-order valence-electron chi connectivity index (χ2n) is 8.19. The molecule has 3 N–H and O–H groups in total. The van der Waals surface area contributed by atoms with Crippen molar-refractivity contribution in [1.29, 1.82) is 0 Å². The summed E-state index contributed by atoms with van der Waals surface area (Å²) < 4.78 is 0. The van der Waals surface area contributed by atoms with Crippen LogP contribution in [-0.4, -0.2) is 64.5 Å². The molecular weight excluding hydrogens is 390 g/mol. The number of amides is 2. The molecule has 1 atom stereocenters. The highest BCUT2D eigenvalue weighted by Gasteiger charge is 2.48. The van der Waals surface area contributed by atoms with Crippen LogP contribution in [0.3, 0.4) is 0 Å². The summed E-state index contributed by atoms with van der Waals surface area (Å²) in [7, 11) is 1.97. The number of halogens is 1. The molecule has 7 nitrogen and oxygen atoms in total. The highest BCUT2D eigenvalue weighted by Crippen LogP contribution is 2.44. The molecule has 4 rings (SSSR count). The second-order valence-corrected chi connectivity index (χ2v) is 8.60. The van der Waals surface area contributed by atoms with Gasteiger partial charge in [0.05, 0.1) is 16.8 Å². The molecular formula is C21H26ClN5O2. The summed E-state index contributed by atoms with van der Waals surface area (Å²) in [4.78, 5) is 29.0. The number of nitrogens with one attached hydrogen (secondary N) is 1. The summed E-state index contributed by atoms with van der Waals surface area (Å²) in [5.74, 6) is -0.338. The Morgan fingerprint density at radius 3 is 2.62 bits per heavy atom. The van der Waals surface area contributed by atoms with Crippen LogP contribution in [0.2, 0.25) is 5.02 Å². The lowest BCUT2D eigenvalue weighted by Crippen LogP contribution is -2.60. The summed E-state index contributed by atoms with van der Waals surface area (Å²) in [6.45, 7) is 2.10. The minimum absolute atomic E-state index is 0.0783. The topological polar surface area (TPSA) is 95.3 Å². The summed E-state index contributed by atoms with van der Waals surface area (Å²) in [6.07, 6.45) is 3.59. The van der Waals surface area contributed by atoms with E-state index >= 15 is 0 Å². The first-order valence-corrected chi connectivity index (χ1v) is 10.4. The quantitative estimate of drug-likeness (QED) is 0.805. The van der Waals surface area contributed by atoms with Crippen molar-refractivity contribution in [3.05, 3.63) is 41.0 Å². The minimum atomic E-state index is -0.259. The maximum atomic E-state index is 13.0. The average Bonchev–Trinajstić information content (AvgIpc) is 3.18. The second kappa shape index (κ2) is 7.80. The molecule has 3 heterocycles. The SMILES string of the molecule is CN1CCCC2(CCN(C(=O)c3cc(-c4ccccc4Cl)n[nH]3)CC2)C1C(N)=O. The van der Waals surface area contributed by atoms with Crippen molar-refractivity contribution in [2.75, 3.05) is 26.7 Å². The molecule has 2 amide bonds. The Morgan fingerprint density at radius 1 is 1.21 bits per heavy atom. The molecule has 1 aromatic carbocycles. The fraction of sp³-hybridized carbons (Fsp3) is 0.476. The van der Waals surface area contributed by atoms with Gasteiger partial charge in [0.15, 0.2) is 0 Å². The van der Waals surface area contributed by atoms with Gasteiger partial charge in [0.2, 0.25) is 5.91 Å². The fourth-order valence-electron chi connectivity index (χ4n) is 5.02. The summed E-state index contributed by atoms with van der Waals surface area (Å²) in [5.41, 5.74) is 7.49. The normalized spacial score (nSPS) is 22.0. The lowest BCUT2D eigenvalue weighted by molar-refractivity contribution is -0.132. The van der Waals surface area contributed by atoms with E-state index in [1.807, 2.05) is 30.1 Å². The number of hydrogen-bond donors (Lipinski definition) is 2. The van der Waals surface area contributed by atoms with Gasteiger partial charge < -0.3 is 10.6 Å². The number of primary amides is 1. The number of H-pyrrole nitrogens is 1. The number of benzene rings is 1. The van der Waals surface area contributed by atoms with Crippen LogP contribution < -0.4 is 5.73 Å². The molecule has 1 unspecified atom stereocenters. The van der Waals surface area contributed by atoms with E-state index in [1.165, 1.54) is 0 Å². The molecule has 2 aliphatic rings. The van der Waals surface area contributed by atoms with E-state index in [0.717, 1.165) is 37.8 Å². The number of nitrogens with zero attached hydrogens (tertiary/aromatic N) is 3. The number of rotatable bonds is 3. The number of aromatic nitrogens is 2. The predicted octanol–water partition coefficient (Wildman–Crippen LogP) is 2.53. The number of nitrogens with two attached hydrogens (primary N) is 1. The molecule has 8 heteroatoms. The Bertz CT molecular complexity index is 919. The van der Waals surface area contributed by atoms with E-state index in [-0.39, 0.29) is 23.3 Å². The number of hydrogen-bond acceptors (Lipinski definition) is 4. The van der Waals surface area contributed by atoms with Crippen LogP contribution >= 0.6 is 11.6 Å². The maximum Gasteiger partial charge on any atom is 0.271 e. The van der Waals surface area contributed by atoms with Crippen molar-refractivity contribution in [3.63, 3.8) is 0 Å². The minimum Gasteiger partial charge on any atom is -0.368 e. The summed E-state index contributed by atoms with van der Waals surface area (Å²) in [6, 6.07) is 8.91. The van der Waals surface area contributed by atoms with Gasteiger partial charge in [0.1, 0.15) is 5.69 Å². The molecule has 2 saturated heterocycles. The Labute approximate surface area is 175 Å². The van der Waals surface area contributed by atoms with E-state index < -0.39 is 0 Å². The monoisotopic (exact) mass is 415 g/mol. The first-order chi connectivity index (χ1) is 13.9. The third-order valence-corrected chi connectivity index (χ3v) is 6.81. The number of likely N-dealkylation sites (N-methyl/N-ethyl adjacent to an activating group) is 1. The maximum absolute atomic E-state index is 13.0. The lowest BCUT2D eigenvalue weighted by atomic mass is 9.66. The van der Waals surface area contributed by atoms with E-state index in [4.69, 9.17) is 17.3 Å². The molecule has 2 fully saturated rings. The molecule has 0 bridgehead atoms. The van der Waals surface area contributed by atoms with Gasteiger partial charge in [-0.3, -0.25) is 19.6 Å². The number of piperidine rings is 2. The molecule has 1 aromatic heterocycles. The van der Waals surface area contributed by atoms with Gasteiger partial charge >= 0.3 is 0 Å². The first kappa shape index (κ1) is 19.9. The number of carbonyl (C=O) groups excluding carboxylic acids is 2. The lowest BCUT2D eigenvalue weighted by Gasteiger charge is -2.51. The molecule has 154 valence electrons. The van der Waals surface area contributed by atoms with Gasteiger partial charge in [-0.2, -0.15) is 5.10 Å². The van der Waals surface area contributed by atoms with E-state index in [0.29, 0.717) is 29.5 Å². The predicted molar refractivity (Wildman–Crippen MR) is 111 cm³/mol. The van der Waals surface area contributed by atoms with Gasteiger partial charge in [-0.1, -0.05) is 29.8 Å². The third-order valence-electron chi connectivity index (χ3n) is 6.48. The molecule has 2 aromatic rings. The summed E-state index contributed by atoms with van der Waals surface area (Å²) in [5, 5.41) is 7.71. The fourth-order valence-corrected chi connectivity index (χ4v) is 5.25. The van der Waals surface area contributed by atoms with E-state index in [2.05, 4.69) is 15.1 Å². The summed E-state index contributed by atoms with van der Waals surface area (Å²) >= 11 is 6.24. The smallest absolute Gasteiger partial charge is 0.271 e. The molecule has 29 heavy (non-hydrogen) atoms. The Morgan fingerprint density at radius 2 is 1.93 bits per heavy atom. The van der Waals surface area contributed by atoms with Crippen LogP contribution in [0.5, 0.6) is 0 Å². The van der Waals surface area contributed by atoms with Crippen LogP contribution in [-0.2, 0) is 4.79 Å². The zero-order valence-corrected chi connectivity index (χ0v) is 17.3. The zero-order valence-electron chi connectivity index (χ0n) is 16.5. The molecule has 1 spiro atoms. The molecule has 0 saturated carbocycles. The first-order valence-electron chi connectivity index (χ1n) is 10.0. The van der Waals surface area contributed by atoms with Crippen LogP contribution in [0, 0.1) is 5.41 Å². The number of likely N-dealkylation sites (tertiary alicyclic amines) is 2. The van der Waals surface area contributed by atoms with E-state index in [9.17, 15) is 9.59 Å². The average molecular weight is 416 g/mol. The zero-order chi connectivity index (χ0) is 20.6. The van der Waals surface area contributed by atoms with Crippen molar-refractivity contribution in [2.45, 2.75) is 31.7 Å². The van der Waals surface area contributed by atoms with Crippen LogP contribution in [0.1, 0.15) is 36.2 Å². The van der Waals surface area contributed by atoms with Crippen molar-refractivity contribution in [2.24, 2.45) is 11.1 Å². The van der Waals surface area contributed by atoms with Crippen LogP contribution in [0.15, 0.2) is 30.3 Å². The Balaban J connectivity index is 1.47. The standard InChI is InChI=1S/C21H26ClN5O2/c1-26-10-4-7-21(18(26)19(23)28)8-11-27(12-9-21)20(29)17-13-16(24-25-17)14-5-2-3-6-15(14)22/h2-3,5-6,13,18H,4,7-12H2,1H3,(H2,23,28)(H,24,25). The molecule has 0 aliphatic carbocycles. The number of carbonyl (C=O) groups is 2. The van der Waals surface area contributed by atoms with Crippen molar-refractivity contribution >= 4 is 23.4 Å².